The molecule has 0 bridgehead atoms. The van der Waals surface area contributed by atoms with Crippen LogP contribution in [0.1, 0.15) is 19.8 Å². The zero-order valence-electron chi connectivity index (χ0n) is 15.6. The average molecular weight is 380 g/mol. The molecule has 1 aromatic rings. The van der Waals surface area contributed by atoms with Crippen molar-refractivity contribution in [3.05, 3.63) is 29.8 Å². The lowest BCUT2D eigenvalue weighted by Crippen LogP contribution is -2.54. The minimum Gasteiger partial charge on any atom is -0.342 e. The van der Waals surface area contributed by atoms with Crippen molar-refractivity contribution in [2.75, 3.05) is 51.1 Å². The van der Waals surface area contributed by atoms with Gasteiger partial charge in [-0.1, -0.05) is 0 Å². The number of nitrogens with one attached hydrogen (secondary N) is 1. The van der Waals surface area contributed by atoms with Crippen LogP contribution in [-0.4, -0.2) is 78.4 Å². The number of rotatable bonds is 5. The van der Waals surface area contributed by atoms with E-state index in [2.05, 4.69) is 10.2 Å². The molecule has 8 heteroatoms. The molecule has 1 unspecified atom stereocenters. The third-order valence-corrected chi connectivity index (χ3v) is 5.34. The molecule has 0 spiro atoms. The quantitative estimate of drug-likeness (QED) is 0.842. The molecule has 1 N–H and O–H groups in total. The van der Waals surface area contributed by atoms with E-state index >= 15 is 0 Å². The average Bonchev–Trinajstić information content (AvgIpc) is 3.19. The second-order valence-corrected chi connectivity index (χ2v) is 7.19. The van der Waals surface area contributed by atoms with Crippen LogP contribution in [0.15, 0.2) is 18.2 Å². The molecule has 0 saturated carbocycles. The fraction of sp³-hybridized carbons (Fsp3) is 0.579. The van der Waals surface area contributed by atoms with E-state index in [-0.39, 0.29) is 17.5 Å². The number of carbonyl (C=O) groups excluding carboxylic acids is 2. The molecular weight excluding hydrogens is 354 g/mol. The summed E-state index contributed by atoms with van der Waals surface area (Å²) in [4.78, 5) is 30.7. The van der Waals surface area contributed by atoms with E-state index < -0.39 is 17.7 Å². The van der Waals surface area contributed by atoms with Gasteiger partial charge in [0, 0.05) is 45.3 Å². The minimum atomic E-state index is -0.791. The van der Waals surface area contributed by atoms with Gasteiger partial charge in [-0.05, 0) is 31.9 Å². The first-order chi connectivity index (χ1) is 12.9. The molecule has 2 aliphatic heterocycles. The van der Waals surface area contributed by atoms with E-state index in [1.54, 1.807) is 6.92 Å². The summed E-state index contributed by atoms with van der Waals surface area (Å²) in [5.41, 5.74) is -0.0249. The number of halogens is 2. The lowest BCUT2D eigenvalue weighted by Gasteiger charge is -2.37. The summed E-state index contributed by atoms with van der Waals surface area (Å²) in [6, 6.07) is 2.64. The third kappa shape index (κ3) is 5.01. The molecular formula is C19H26F2N4O2. The van der Waals surface area contributed by atoms with Crippen molar-refractivity contribution in [1.29, 1.82) is 0 Å². The molecule has 2 aliphatic rings. The molecule has 27 heavy (non-hydrogen) atoms. The molecule has 3 rings (SSSR count). The Morgan fingerprint density at radius 3 is 2.37 bits per heavy atom. The van der Waals surface area contributed by atoms with Gasteiger partial charge < -0.3 is 10.2 Å². The maximum absolute atomic E-state index is 13.7. The Hall–Kier alpha value is -2.06. The lowest BCUT2D eigenvalue weighted by atomic mass is 10.2. The van der Waals surface area contributed by atoms with Crippen LogP contribution in [0.2, 0.25) is 0 Å². The van der Waals surface area contributed by atoms with Crippen LogP contribution < -0.4 is 5.32 Å². The Bertz CT molecular complexity index is 686. The Kier molecular flexibility index (Phi) is 6.38. The van der Waals surface area contributed by atoms with Gasteiger partial charge in [0.25, 0.3) is 0 Å². The molecule has 1 atom stereocenters. The monoisotopic (exact) mass is 380 g/mol. The Labute approximate surface area is 158 Å². The lowest BCUT2D eigenvalue weighted by molar-refractivity contribution is -0.132. The Morgan fingerprint density at radius 2 is 1.74 bits per heavy atom. The normalized spacial score (nSPS) is 19.9. The molecule has 0 radical (unpaired) electrons. The number of carbonyl (C=O) groups is 2. The van der Waals surface area contributed by atoms with Gasteiger partial charge in [0.1, 0.15) is 11.6 Å². The summed E-state index contributed by atoms with van der Waals surface area (Å²) in [6.07, 6.45) is 2.17. The summed E-state index contributed by atoms with van der Waals surface area (Å²) >= 11 is 0. The maximum Gasteiger partial charge on any atom is 0.241 e. The van der Waals surface area contributed by atoms with E-state index in [0.717, 1.165) is 38.1 Å². The van der Waals surface area contributed by atoms with Crippen molar-refractivity contribution in [2.45, 2.75) is 25.8 Å². The van der Waals surface area contributed by atoms with E-state index in [1.807, 2.05) is 9.80 Å². The van der Waals surface area contributed by atoms with Gasteiger partial charge in [0.05, 0.1) is 18.3 Å². The molecule has 0 aliphatic carbocycles. The van der Waals surface area contributed by atoms with Crippen molar-refractivity contribution in [3.63, 3.8) is 0 Å². The second kappa shape index (κ2) is 8.75. The van der Waals surface area contributed by atoms with Crippen LogP contribution in [0.25, 0.3) is 0 Å². The predicted molar refractivity (Wildman–Crippen MR) is 98.3 cm³/mol. The van der Waals surface area contributed by atoms with Gasteiger partial charge in [0.2, 0.25) is 11.8 Å². The Balaban J connectivity index is 1.46. The van der Waals surface area contributed by atoms with Crippen LogP contribution in [-0.2, 0) is 9.59 Å². The smallest absolute Gasteiger partial charge is 0.241 e. The van der Waals surface area contributed by atoms with E-state index in [9.17, 15) is 18.4 Å². The number of anilines is 1. The second-order valence-electron chi connectivity index (χ2n) is 7.19. The fourth-order valence-electron chi connectivity index (χ4n) is 3.56. The van der Waals surface area contributed by atoms with Gasteiger partial charge in [-0.25, -0.2) is 8.78 Å². The molecule has 6 nitrogen and oxygen atoms in total. The third-order valence-electron chi connectivity index (χ3n) is 5.34. The molecule has 2 heterocycles. The number of benzene rings is 1. The standard InChI is InChI=1S/C19H26F2N4O2/c1-14(19(27)22-17-5-4-15(20)12-16(17)21)24-10-8-23(9-11-24)13-18(26)25-6-2-3-7-25/h4-5,12,14H,2-3,6-11,13H2,1H3,(H,22,27). The number of hydrogen-bond donors (Lipinski definition) is 1. The zero-order chi connectivity index (χ0) is 19.4. The van der Waals surface area contributed by atoms with Crippen LogP contribution in [0.4, 0.5) is 14.5 Å². The first kappa shape index (κ1) is 19.7. The SMILES string of the molecule is CC(C(=O)Nc1ccc(F)cc1F)N1CCN(CC(=O)N2CCCC2)CC1. The van der Waals surface area contributed by atoms with Gasteiger partial charge >= 0.3 is 0 Å². The molecule has 2 saturated heterocycles. The van der Waals surface area contributed by atoms with Crippen LogP contribution >= 0.6 is 0 Å². The van der Waals surface area contributed by atoms with E-state index in [4.69, 9.17) is 0 Å². The maximum atomic E-state index is 13.7. The highest BCUT2D eigenvalue weighted by Gasteiger charge is 2.28. The molecule has 2 amide bonds. The number of piperazine rings is 1. The van der Waals surface area contributed by atoms with Crippen molar-refractivity contribution in [2.24, 2.45) is 0 Å². The highest BCUT2D eigenvalue weighted by atomic mass is 19.1. The zero-order valence-corrected chi connectivity index (χ0v) is 15.6. The first-order valence-electron chi connectivity index (χ1n) is 9.44. The van der Waals surface area contributed by atoms with Crippen molar-refractivity contribution in [1.82, 2.24) is 14.7 Å². The van der Waals surface area contributed by atoms with Gasteiger partial charge in [0.15, 0.2) is 0 Å². The minimum absolute atomic E-state index is 0.0249. The van der Waals surface area contributed by atoms with Crippen LogP contribution in [0.3, 0.4) is 0 Å². The van der Waals surface area contributed by atoms with Crippen molar-refractivity contribution < 1.29 is 18.4 Å². The van der Waals surface area contributed by atoms with Gasteiger partial charge in [-0.15, -0.1) is 0 Å². The van der Waals surface area contributed by atoms with E-state index in [1.165, 1.54) is 6.07 Å². The van der Waals surface area contributed by atoms with Crippen LogP contribution in [0.5, 0.6) is 0 Å². The van der Waals surface area contributed by atoms with E-state index in [0.29, 0.717) is 32.7 Å². The van der Waals surface area contributed by atoms with Gasteiger partial charge in [-0.3, -0.25) is 19.4 Å². The largest absolute Gasteiger partial charge is 0.342 e. The van der Waals surface area contributed by atoms with Gasteiger partial charge in [-0.2, -0.15) is 0 Å². The summed E-state index contributed by atoms with van der Waals surface area (Å²) < 4.78 is 26.7. The fourth-order valence-corrected chi connectivity index (χ4v) is 3.56. The van der Waals surface area contributed by atoms with Crippen molar-refractivity contribution >= 4 is 17.5 Å². The number of amides is 2. The summed E-state index contributed by atoms with van der Waals surface area (Å²) in [7, 11) is 0. The first-order valence-corrected chi connectivity index (χ1v) is 9.44. The summed E-state index contributed by atoms with van der Waals surface area (Å²) in [5.74, 6) is -1.63. The highest BCUT2D eigenvalue weighted by Crippen LogP contribution is 2.16. The molecule has 2 fully saturated rings. The number of likely N-dealkylation sites (tertiary alicyclic amines) is 1. The molecule has 148 valence electrons. The van der Waals surface area contributed by atoms with Crippen molar-refractivity contribution in [3.8, 4) is 0 Å². The highest BCUT2D eigenvalue weighted by molar-refractivity contribution is 5.94. The summed E-state index contributed by atoms with van der Waals surface area (Å²) in [6.45, 7) is 6.65. The number of hydrogen-bond acceptors (Lipinski definition) is 4. The predicted octanol–water partition coefficient (Wildman–Crippen LogP) is 1.53. The van der Waals surface area contributed by atoms with Crippen LogP contribution in [0, 0.1) is 11.6 Å². The summed E-state index contributed by atoms with van der Waals surface area (Å²) in [5, 5.41) is 2.52. The molecule has 0 aromatic heterocycles. The topological polar surface area (TPSA) is 55.9 Å². The molecule has 1 aromatic carbocycles. The Morgan fingerprint density at radius 1 is 1.07 bits per heavy atom. The number of nitrogens with zero attached hydrogens (tertiary/aromatic N) is 3.